The van der Waals surface area contributed by atoms with E-state index in [-0.39, 0.29) is 28.8 Å². The zero-order valence-electron chi connectivity index (χ0n) is 26.4. The van der Waals surface area contributed by atoms with Gasteiger partial charge in [-0.25, -0.2) is 0 Å². The number of benzene rings is 2. The first-order valence-electron chi connectivity index (χ1n) is 15.0. The number of phenols is 1. The molecule has 2 aromatic carbocycles. The number of methoxy groups -OCH3 is 2. The molecule has 10 atom stereocenters. The third-order valence-electron chi connectivity index (χ3n) is 7.75. The van der Waals surface area contributed by atoms with Crippen LogP contribution in [0.3, 0.4) is 0 Å². The lowest BCUT2D eigenvalue weighted by Crippen LogP contribution is -2.62. The number of carbonyl (C=O) groups excluding carboxylic acids is 1. The van der Waals surface area contributed by atoms with Crippen LogP contribution < -0.4 is 14.2 Å². The minimum Gasteiger partial charge on any atom is -0.508 e. The van der Waals surface area contributed by atoms with Gasteiger partial charge in [0, 0.05) is 6.08 Å². The monoisotopic (exact) mass is 692 g/mol. The highest BCUT2D eigenvalue weighted by atomic mass is 16.7. The van der Waals surface area contributed by atoms with E-state index in [0.717, 1.165) is 6.08 Å². The molecule has 0 amide bonds. The molecule has 2 fully saturated rings. The molecule has 0 radical (unpaired) electrons. The maximum atomic E-state index is 12.3. The molecule has 10 unspecified atom stereocenters. The lowest BCUT2D eigenvalue weighted by atomic mass is 9.98. The predicted molar refractivity (Wildman–Crippen MR) is 168 cm³/mol. The maximum absolute atomic E-state index is 12.3. The molecule has 0 aromatic heterocycles. The molecule has 16 heteroatoms. The smallest absolute Gasteiger partial charge is 0.229 e. The van der Waals surface area contributed by atoms with Gasteiger partial charge in [0.1, 0.15) is 54.6 Å². The van der Waals surface area contributed by atoms with E-state index in [1.807, 2.05) is 0 Å². The molecule has 2 aromatic rings. The van der Waals surface area contributed by atoms with Gasteiger partial charge in [0.25, 0.3) is 0 Å². The third-order valence-corrected chi connectivity index (χ3v) is 7.75. The molecule has 2 saturated heterocycles. The van der Waals surface area contributed by atoms with Crippen LogP contribution in [0.15, 0.2) is 60.4 Å². The summed E-state index contributed by atoms with van der Waals surface area (Å²) in [6, 6.07) is 9.06. The maximum Gasteiger partial charge on any atom is 0.229 e. The first kappa shape index (κ1) is 37.7. The summed E-state index contributed by atoms with van der Waals surface area (Å²) >= 11 is 0. The van der Waals surface area contributed by atoms with Crippen LogP contribution >= 0.6 is 0 Å². The topological polar surface area (TPSA) is 255 Å². The van der Waals surface area contributed by atoms with Crippen LogP contribution in [0.1, 0.15) is 11.1 Å². The first-order chi connectivity index (χ1) is 23.4. The SMILES string of the molecule is COc1cc(/C=C/C(=O)/C=C(O)/C=C/c2ccc(OC3OC(COC4OC(CO)C(O)C(O)C4O)C(O)C(O)C3O)c(OC)c2)ccc1O. The highest BCUT2D eigenvalue weighted by molar-refractivity contribution is 6.02. The third kappa shape index (κ3) is 9.34. The Labute approximate surface area is 280 Å². The predicted octanol–water partition coefficient (Wildman–Crippen LogP) is -0.850. The quantitative estimate of drug-likeness (QED) is 0.0704. The Hall–Kier alpha value is -4.07. The Morgan fingerprint density at radius 3 is 1.96 bits per heavy atom. The van der Waals surface area contributed by atoms with Gasteiger partial charge >= 0.3 is 0 Å². The fourth-order valence-electron chi connectivity index (χ4n) is 4.96. The van der Waals surface area contributed by atoms with Crippen molar-refractivity contribution in [1.29, 1.82) is 0 Å². The Morgan fingerprint density at radius 2 is 1.31 bits per heavy atom. The van der Waals surface area contributed by atoms with Gasteiger partial charge in [-0.1, -0.05) is 24.3 Å². The number of ketones is 1. The zero-order valence-corrected chi connectivity index (χ0v) is 26.4. The molecule has 9 N–H and O–H groups in total. The molecule has 16 nitrogen and oxygen atoms in total. The number of hydrogen-bond donors (Lipinski definition) is 9. The molecule has 0 spiro atoms. The van der Waals surface area contributed by atoms with Crippen molar-refractivity contribution >= 4 is 17.9 Å². The lowest BCUT2D eigenvalue weighted by Gasteiger charge is -2.42. The molecule has 49 heavy (non-hydrogen) atoms. The van der Waals surface area contributed by atoms with Gasteiger partial charge in [0.05, 0.1) is 27.4 Å². The fraction of sp³-hybridized carbons (Fsp3) is 0.424. The number of allylic oxidation sites excluding steroid dienone is 3. The van der Waals surface area contributed by atoms with E-state index >= 15 is 0 Å². The number of hydrogen-bond acceptors (Lipinski definition) is 16. The normalized spacial score (nSPS) is 30.8. The van der Waals surface area contributed by atoms with E-state index in [9.17, 15) is 50.8 Å². The number of rotatable bonds is 13. The largest absolute Gasteiger partial charge is 0.508 e. The van der Waals surface area contributed by atoms with Gasteiger partial charge in [0.2, 0.25) is 6.29 Å². The molecule has 0 saturated carbocycles. The van der Waals surface area contributed by atoms with Crippen LogP contribution in [0.4, 0.5) is 0 Å². The van der Waals surface area contributed by atoms with Crippen molar-refractivity contribution in [1.82, 2.24) is 0 Å². The van der Waals surface area contributed by atoms with Crippen LogP contribution in [0.5, 0.6) is 23.0 Å². The van der Waals surface area contributed by atoms with Crippen molar-refractivity contribution < 1.29 is 79.2 Å². The van der Waals surface area contributed by atoms with Crippen LogP contribution in [-0.4, -0.2) is 141 Å². The zero-order chi connectivity index (χ0) is 35.8. The first-order valence-corrected chi connectivity index (χ1v) is 15.0. The molecular weight excluding hydrogens is 652 g/mol. The van der Waals surface area contributed by atoms with E-state index in [0.29, 0.717) is 11.1 Å². The van der Waals surface area contributed by atoms with Gasteiger partial charge in [0.15, 0.2) is 35.1 Å². The number of carbonyl (C=O) groups is 1. The van der Waals surface area contributed by atoms with E-state index in [1.165, 1.54) is 62.8 Å². The Morgan fingerprint density at radius 1 is 0.735 bits per heavy atom. The van der Waals surface area contributed by atoms with Gasteiger partial charge in [-0.15, -0.1) is 0 Å². The summed E-state index contributed by atoms with van der Waals surface area (Å²) in [5.41, 5.74) is 1.10. The van der Waals surface area contributed by atoms with Gasteiger partial charge in [-0.3, -0.25) is 4.79 Å². The molecule has 2 aliphatic heterocycles. The van der Waals surface area contributed by atoms with E-state index in [2.05, 4.69) is 0 Å². The van der Waals surface area contributed by atoms with Crippen molar-refractivity contribution in [2.75, 3.05) is 27.4 Å². The average molecular weight is 693 g/mol. The fourth-order valence-corrected chi connectivity index (χ4v) is 4.96. The summed E-state index contributed by atoms with van der Waals surface area (Å²) in [5, 5.41) is 91.0. The van der Waals surface area contributed by atoms with E-state index in [4.69, 9.17) is 28.4 Å². The summed E-state index contributed by atoms with van der Waals surface area (Å²) in [7, 11) is 2.74. The molecular formula is C33H40O16. The van der Waals surface area contributed by atoms with Crippen molar-refractivity contribution in [3.63, 3.8) is 0 Å². The summed E-state index contributed by atoms with van der Waals surface area (Å²) in [4.78, 5) is 12.3. The van der Waals surface area contributed by atoms with Crippen molar-refractivity contribution in [2.45, 2.75) is 61.4 Å². The van der Waals surface area contributed by atoms with E-state index in [1.54, 1.807) is 12.1 Å². The van der Waals surface area contributed by atoms with Gasteiger partial charge in [-0.2, -0.15) is 0 Å². The minimum atomic E-state index is -1.76. The molecule has 0 aliphatic carbocycles. The highest BCUT2D eigenvalue weighted by Gasteiger charge is 2.48. The second-order valence-electron chi connectivity index (χ2n) is 11.1. The molecule has 268 valence electrons. The van der Waals surface area contributed by atoms with Crippen LogP contribution in [-0.2, 0) is 19.0 Å². The number of aliphatic hydroxyl groups excluding tert-OH is 8. The molecule has 4 rings (SSSR count). The average Bonchev–Trinajstić information content (AvgIpc) is 3.10. The minimum absolute atomic E-state index is 0.0461. The number of aromatic hydroxyl groups is 1. The van der Waals surface area contributed by atoms with Crippen LogP contribution in [0, 0.1) is 0 Å². The van der Waals surface area contributed by atoms with E-state index < -0.39 is 80.4 Å². The van der Waals surface area contributed by atoms with Crippen molar-refractivity contribution in [3.05, 3.63) is 71.5 Å². The highest BCUT2D eigenvalue weighted by Crippen LogP contribution is 2.33. The Kier molecular flexibility index (Phi) is 13.1. The second-order valence-corrected chi connectivity index (χ2v) is 11.1. The molecule has 0 bridgehead atoms. The lowest BCUT2D eigenvalue weighted by molar-refractivity contribution is -0.323. The standard InChI is InChI=1S/C33H40O16/c1-44-22-11-16(5-9-20(22)37)3-7-18(35)13-19(36)8-4-17-6-10-21(23(12-17)45-2)47-33-31(43)29(41)27(39)25(49-33)15-46-32-30(42)28(40)26(38)24(14-34)48-32/h3-13,24-34,36-43H,14-15H2,1-2H3/b7-3+,8-4+,19-13-. The Bertz CT molecular complexity index is 1510. The summed E-state index contributed by atoms with van der Waals surface area (Å²) in [5.74, 6) is -0.446. The van der Waals surface area contributed by atoms with Crippen molar-refractivity contribution in [3.8, 4) is 23.0 Å². The number of ether oxygens (including phenoxy) is 6. The van der Waals surface area contributed by atoms with Crippen LogP contribution in [0.2, 0.25) is 0 Å². The second kappa shape index (κ2) is 17.0. The number of phenolic OH excluding ortho intramolecular Hbond substituents is 1. The Balaban J connectivity index is 1.38. The van der Waals surface area contributed by atoms with Gasteiger partial charge in [-0.05, 0) is 47.5 Å². The molecule has 2 aliphatic rings. The van der Waals surface area contributed by atoms with Crippen molar-refractivity contribution in [2.24, 2.45) is 0 Å². The molecule has 2 heterocycles. The van der Waals surface area contributed by atoms with Gasteiger partial charge < -0.3 is 74.4 Å². The summed E-state index contributed by atoms with van der Waals surface area (Å²) in [6.45, 7) is -1.21. The number of aliphatic hydroxyl groups is 8. The van der Waals surface area contributed by atoms with Crippen LogP contribution in [0.25, 0.3) is 12.2 Å². The summed E-state index contributed by atoms with van der Waals surface area (Å²) < 4.78 is 32.5. The summed E-state index contributed by atoms with van der Waals surface area (Å²) in [6.07, 6.45) is -9.35.